The number of nitrogens with two attached hydrogens (primary N) is 1. The van der Waals surface area contributed by atoms with Crippen molar-refractivity contribution in [2.45, 2.75) is 43.2 Å². The summed E-state index contributed by atoms with van der Waals surface area (Å²) in [4.78, 5) is 29.4. The van der Waals surface area contributed by atoms with E-state index in [4.69, 9.17) is 31.5 Å². The van der Waals surface area contributed by atoms with Crippen LogP contribution in [0.25, 0.3) is 22.3 Å². The molecule has 0 amide bonds. The van der Waals surface area contributed by atoms with Gasteiger partial charge in [0.15, 0.2) is 17.7 Å². The molecule has 1 saturated heterocycles. The number of carbonyl (C=O) groups is 1. The number of aliphatic carboxylic acids is 1. The average Bonchev–Trinajstić information content (AvgIpc) is 3.80. The summed E-state index contributed by atoms with van der Waals surface area (Å²) >= 11 is 7.18. The molecular formula is C30H29ClN6O8S. The zero-order valence-electron chi connectivity index (χ0n) is 24.2. The van der Waals surface area contributed by atoms with E-state index in [-0.39, 0.29) is 41.0 Å². The number of ether oxygens (including phenoxy) is 3. The van der Waals surface area contributed by atoms with Gasteiger partial charge in [-0.25, -0.2) is 14.8 Å². The lowest BCUT2D eigenvalue weighted by molar-refractivity contribution is -0.177. The molecule has 46 heavy (non-hydrogen) atoms. The molecule has 3 aromatic heterocycles. The van der Waals surface area contributed by atoms with Crippen molar-refractivity contribution >= 4 is 45.9 Å². The summed E-state index contributed by atoms with van der Waals surface area (Å²) < 4.78 is 19.0. The Morgan fingerprint density at radius 3 is 2.61 bits per heavy atom. The van der Waals surface area contributed by atoms with E-state index >= 15 is 0 Å². The molecule has 6 rings (SSSR count). The number of methoxy groups -OCH3 is 1. The topological polar surface area (TPSA) is 208 Å². The smallest absolute Gasteiger partial charge is 0.342 e. The molecular weight excluding hydrogens is 640 g/mol. The Morgan fingerprint density at radius 1 is 1.15 bits per heavy atom. The van der Waals surface area contributed by atoms with Gasteiger partial charge in [-0.1, -0.05) is 36.4 Å². The van der Waals surface area contributed by atoms with Crippen molar-refractivity contribution in [3.8, 4) is 16.9 Å². The van der Waals surface area contributed by atoms with Crippen molar-refractivity contribution in [3.05, 3.63) is 81.8 Å². The van der Waals surface area contributed by atoms with E-state index in [1.165, 1.54) is 27.7 Å². The van der Waals surface area contributed by atoms with Crippen LogP contribution in [-0.2, 0) is 32.9 Å². The number of carboxylic acids is 1. The number of halogens is 1. The summed E-state index contributed by atoms with van der Waals surface area (Å²) in [6, 6.07) is 12.5. The van der Waals surface area contributed by atoms with Gasteiger partial charge in [-0.05, 0) is 34.4 Å². The van der Waals surface area contributed by atoms with Crippen LogP contribution < -0.4 is 10.5 Å². The number of fused-ring (bicyclic) bond motifs is 1. The maximum Gasteiger partial charge on any atom is 0.342 e. The van der Waals surface area contributed by atoms with Crippen LogP contribution in [0.15, 0.2) is 59.7 Å². The van der Waals surface area contributed by atoms with Gasteiger partial charge in [-0.15, -0.1) is 11.3 Å². The van der Waals surface area contributed by atoms with E-state index in [9.17, 15) is 25.2 Å². The lowest BCUT2D eigenvalue weighted by atomic mass is 9.90. The molecule has 0 bridgehead atoms. The van der Waals surface area contributed by atoms with E-state index in [0.717, 1.165) is 11.1 Å². The number of hydrogen-bond acceptors (Lipinski definition) is 13. The highest BCUT2D eigenvalue weighted by Crippen LogP contribution is 2.38. The molecule has 0 radical (unpaired) electrons. The predicted octanol–water partition coefficient (Wildman–Crippen LogP) is 2.54. The zero-order valence-corrected chi connectivity index (χ0v) is 25.8. The Kier molecular flexibility index (Phi) is 8.89. The van der Waals surface area contributed by atoms with Gasteiger partial charge in [0.25, 0.3) is 0 Å². The number of imidazole rings is 1. The number of nitrogen functional groups attached to an aromatic ring is 1. The first-order chi connectivity index (χ1) is 22.2. The molecule has 0 unspecified atom stereocenters. The highest BCUT2D eigenvalue weighted by Gasteiger charge is 2.49. The van der Waals surface area contributed by atoms with Crippen molar-refractivity contribution in [1.29, 1.82) is 0 Å². The van der Waals surface area contributed by atoms with Crippen LogP contribution in [-0.4, -0.2) is 82.9 Å². The van der Waals surface area contributed by atoms with Crippen LogP contribution in [0.5, 0.6) is 5.75 Å². The minimum Gasteiger partial charge on any atom is -0.496 e. The van der Waals surface area contributed by atoms with Crippen LogP contribution in [0.4, 0.5) is 5.82 Å². The largest absolute Gasteiger partial charge is 0.496 e. The molecule has 1 aliphatic rings. The van der Waals surface area contributed by atoms with Gasteiger partial charge >= 0.3 is 5.97 Å². The number of rotatable bonds is 11. The second-order valence-electron chi connectivity index (χ2n) is 10.6. The van der Waals surface area contributed by atoms with Crippen LogP contribution in [0.3, 0.4) is 0 Å². The lowest BCUT2D eigenvalue weighted by Crippen LogP contribution is -2.44. The lowest BCUT2D eigenvalue weighted by Gasteiger charge is -2.30. The summed E-state index contributed by atoms with van der Waals surface area (Å²) in [5.74, 6) is -0.689. The first kappa shape index (κ1) is 31.7. The Bertz CT molecular complexity index is 1830. The van der Waals surface area contributed by atoms with Crippen LogP contribution in [0.1, 0.15) is 23.0 Å². The molecule has 0 aliphatic carbocycles. The van der Waals surface area contributed by atoms with E-state index in [1.807, 2.05) is 12.1 Å². The SMILES string of the molecule is COc1cccc(CO)c1-c1ccc(C[C@@](OC[C@H]2O[C@@H](n3cnc4c(N)nc(Cl)nc43)[C@H](O)[C@@H]2O)(C(=O)O)c2cscn2)cc1. The van der Waals surface area contributed by atoms with Gasteiger partial charge in [-0.2, -0.15) is 9.97 Å². The van der Waals surface area contributed by atoms with Crippen molar-refractivity contribution in [2.24, 2.45) is 0 Å². The van der Waals surface area contributed by atoms with Crippen molar-refractivity contribution in [2.75, 3.05) is 19.5 Å². The zero-order chi connectivity index (χ0) is 32.6. The number of aliphatic hydroxyl groups is 3. The van der Waals surface area contributed by atoms with E-state index in [1.54, 1.807) is 42.8 Å². The first-order valence-corrected chi connectivity index (χ1v) is 15.3. The summed E-state index contributed by atoms with van der Waals surface area (Å²) in [6.07, 6.45) is -4.02. The third kappa shape index (κ3) is 5.66. The van der Waals surface area contributed by atoms with Gasteiger partial charge in [-0.3, -0.25) is 4.57 Å². The quantitative estimate of drug-likeness (QED) is 0.128. The van der Waals surface area contributed by atoms with Gasteiger partial charge in [0.05, 0.1) is 37.9 Å². The average molecular weight is 669 g/mol. The summed E-state index contributed by atoms with van der Waals surface area (Å²) in [6.45, 7) is -0.604. The molecule has 0 saturated carbocycles. The number of nitrogens with zero attached hydrogens (tertiary/aromatic N) is 5. The molecule has 16 heteroatoms. The molecule has 0 spiro atoms. The van der Waals surface area contributed by atoms with Crippen LogP contribution in [0.2, 0.25) is 5.28 Å². The molecule has 6 N–H and O–H groups in total. The van der Waals surface area contributed by atoms with Crippen LogP contribution in [0, 0.1) is 0 Å². The fourth-order valence-electron chi connectivity index (χ4n) is 5.58. The molecule has 1 fully saturated rings. The van der Waals surface area contributed by atoms with Crippen LogP contribution >= 0.6 is 22.9 Å². The first-order valence-electron chi connectivity index (χ1n) is 14.0. The molecule has 14 nitrogen and oxygen atoms in total. The third-order valence-electron chi connectivity index (χ3n) is 7.92. The maximum atomic E-state index is 13.0. The monoisotopic (exact) mass is 668 g/mol. The fraction of sp³-hybridized carbons (Fsp3) is 0.300. The standard InChI is InChI=1S/C30H29ClN6O8S/c1-43-18-4-2-3-17(10-38)21(18)16-7-5-15(6-8-16)9-30(28(41)42,20-12-46-14-34-20)44-11-19-23(39)24(40)27(45-19)37-13-33-22-25(32)35-29(31)36-26(22)37/h2-8,12-14,19,23-24,27,38-40H,9-11H2,1H3,(H,41,42)(H2,32,35,36)/t19-,23-,24-,27-,30+/m1/s1. The van der Waals surface area contributed by atoms with Gasteiger partial charge in [0.1, 0.15) is 29.6 Å². The summed E-state index contributed by atoms with van der Waals surface area (Å²) in [7, 11) is 1.55. The predicted molar refractivity (Wildman–Crippen MR) is 166 cm³/mol. The molecule has 240 valence electrons. The van der Waals surface area contributed by atoms with E-state index in [0.29, 0.717) is 16.9 Å². The number of benzene rings is 2. The van der Waals surface area contributed by atoms with Crippen molar-refractivity contribution in [3.63, 3.8) is 0 Å². The van der Waals surface area contributed by atoms with Gasteiger partial charge < -0.3 is 40.4 Å². The third-order valence-corrected chi connectivity index (χ3v) is 8.67. The molecule has 1 aliphatic heterocycles. The molecule has 2 aromatic carbocycles. The number of carboxylic acid groups (broad SMARTS) is 1. The maximum absolute atomic E-state index is 13.0. The molecule has 5 aromatic rings. The molecule has 4 heterocycles. The Labute approximate surface area is 270 Å². The normalized spacial score (nSPS) is 21.0. The van der Waals surface area contributed by atoms with Gasteiger partial charge in [0.2, 0.25) is 10.9 Å². The number of aliphatic hydroxyl groups excluding tert-OH is 3. The van der Waals surface area contributed by atoms with E-state index in [2.05, 4.69) is 19.9 Å². The van der Waals surface area contributed by atoms with Crippen molar-refractivity contribution in [1.82, 2.24) is 24.5 Å². The fourth-order valence-corrected chi connectivity index (χ4v) is 6.36. The summed E-state index contributed by atoms with van der Waals surface area (Å²) in [5, 5.41) is 43.8. The van der Waals surface area contributed by atoms with E-state index < -0.39 is 42.7 Å². The Morgan fingerprint density at radius 2 is 1.93 bits per heavy atom. The number of hydrogen-bond donors (Lipinski definition) is 5. The highest BCUT2D eigenvalue weighted by atomic mass is 35.5. The second-order valence-corrected chi connectivity index (χ2v) is 11.6. The number of anilines is 1. The van der Waals surface area contributed by atoms with Crippen molar-refractivity contribution < 1.29 is 39.4 Å². The molecule has 5 atom stereocenters. The van der Waals surface area contributed by atoms with Gasteiger partial charge in [0, 0.05) is 17.4 Å². The minimum absolute atomic E-state index is 0.0287. The Balaban J connectivity index is 1.27. The number of aromatic nitrogens is 5. The summed E-state index contributed by atoms with van der Waals surface area (Å²) in [5.41, 5.74) is 8.78. The highest BCUT2D eigenvalue weighted by molar-refractivity contribution is 7.07. The minimum atomic E-state index is -1.97. The Hall–Kier alpha value is -4.22. The number of thiazole rings is 1. The second kappa shape index (κ2) is 12.9.